The molecule has 0 radical (unpaired) electrons. The van der Waals surface area contributed by atoms with Crippen LogP contribution in [0.4, 0.5) is 0 Å². The average molecular weight is 553 g/mol. The van der Waals surface area contributed by atoms with Gasteiger partial charge in [0, 0.05) is 6.42 Å². The Balaban J connectivity index is 3.39. The third kappa shape index (κ3) is 10.1. The topological polar surface area (TPSA) is 290 Å². The summed E-state index contributed by atoms with van der Waals surface area (Å²) < 4.78 is 79.7. The van der Waals surface area contributed by atoms with Gasteiger partial charge in [-0.3, -0.25) is 13.9 Å². The molecule has 1 amide bonds. The third-order valence-electron chi connectivity index (χ3n) is 4.17. The largest absolute Gasteiger partial charge is 0.475 e. The summed E-state index contributed by atoms with van der Waals surface area (Å²) in [5, 5.41) is 42.0. The number of carboxylic acid groups (broad SMARTS) is 1. The van der Waals surface area contributed by atoms with E-state index in [1.54, 1.807) is 0 Å². The number of amides is 1. The predicted molar refractivity (Wildman–Crippen MR) is 106 cm³/mol. The first-order valence-corrected chi connectivity index (χ1v) is 12.1. The van der Waals surface area contributed by atoms with Crippen LogP contribution in [-0.4, -0.2) is 114 Å². The van der Waals surface area contributed by atoms with Gasteiger partial charge in [-0.05, 0) is 6.08 Å². The van der Waals surface area contributed by atoms with Gasteiger partial charge >= 0.3 is 26.8 Å². The van der Waals surface area contributed by atoms with Crippen LogP contribution in [0.25, 0.3) is 0 Å². The highest BCUT2D eigenvalue weighted by molar-refractivity contribution is 7.81. The molecule has 7 N–H and O–H groups in total. The molecule has 0 saturated heterocycles. The van der Waals surface area contributed by atoms with Gasteiger partial charge in [-0.1, -0.05) is 6.92 Å². The number of aldehydes is 1. The van der Waals surface area contributed by atoms with Crippen molar-refractivity contribution in [2.75, 3.05) is 6.61 Å². The van der Waals surface area contributed by atoms with Gasteiger partial charge in [0.15, 0.2) is 6.10 Å². The maximum Gasteiger partial charge on any atom is 0.397 e. The second-order valence-electron chi connectivity index (χ2n) is 6.76. The third-order valence-corrected chi connectivity index (χ3v) is 5.07. The zero-order valence-corrected chi connectivity index (χ0v) is 19.2. The molecule has 7 atom stereocenters. The molecule has 18 nitrogen and oxygen atoms in total. The number of nitrogens with one attached hydrogen (secondary N) is 1. The Morgan fingerprint density at radius 1 is 1.20 bits per heavy atom. The van der Waals surface area contributed by atoms with Crippen LogP contribution < -0.4 is 5.32 Å². The van der Waals surface area contributed by atoms with E-state index >= 15 is 0 Å². The fourth-order valence-electron chi connectivity index (χ4n) is 2.61. The van der Waals surface area contributed by atoms with Crippen LogP contribution in [0.15, 0.2) is 11.8 Å². The van der Waals surface area contributed by atoms with E-state index < -0.39 is 87.9 Å². The second-order valence-corrected chi connectivity index (χ2v) is 8.89. The Morgan fingerprint density at radius 3 is 2.26 bits per heavy atom. The number of aliphatic carboxylic acids is 1. The van der Waals surface area contributed by atoms with Crippen molar-refractivity contribution in [2.45, 2.75) is 56.2 Å². The van der Waals surface area contributed by atoms with Gasteiger partial charge in [0.05, 0.1) is 6.61 Å². The van der Waals surface area contributed by atoms with Crippen LogP contribution in [0, 0.1) is 0 Å². The van der Waals surface area contributed by atoms with Crippen LogP contribution in [0.5, 0.6) is 0 Å². The molecule has 0 aromatic heterocycles. The molecule has 1 aliphatic rings. The lowest BCUT2D eigenvalue weighted by molar-refractivity contribution is -0.251. The molecular weight excluding hydrogens is 530 g/mol. The number of rotatable bonds is 14. The zero-order chi connectivity index (χ0) is 27.1. The van der Waals surface area contributed by atoms with E-state index in [1.165, 1.54) is 6.92 Å². The monoisotopic (exact) mass is 553 g/mol. The molecule has 202 valence electrons. The fraction of sp³-hybridized carbons (Fsp3) is 0.667. The molecule has 0 aromatic carbocycles. The summed E-state index contributed by atoms with van der Waals surface area (Å²) in [7, 11) is -10.5. The first kappa shape index (κ1) is 30.8. The van der Waals surface area contributed by atoms with E-state index in [-0.39, 0.29) is 12.7 Å². The van der Waals surface area contributed by atoms with Gasteiger partial charge in [-0.25, -0.2) is 13.2 Å². The van der Waals surface area contributed by atoms with E-state index in [0.29, 0.717) is 6.08 Å². The molecule has 0 aromatic rings. The predicted octanol–water partition coefficient (Wildman–Crippen LogP) is -4.12. The summed E-state index contributed by atoms with van der Waals surface area (Å²) in [5.74, 6) is -3.63. The number of aliphatic hydroxyl groups excluding tert-OH is 3. The fourth-order valence-corrected chi connectivity index (χ4v) is 3.41. The molecule has 1 aliphatic heterocycles. The van der Waals surface area contributed by atoms with E-state index in [9.17, 15) is 46.5 Å². The smallest absolute Gasteiger partial charge is 0.397 e. The molecule has 0 bridgehead atoms. The highest BCUT2D eigenvalue weighted by atomic mass is 32.3. The van der Waals surface area contributed by atoms with E-state index in [2.05, 4.69) is 8.37 Å². The lowest BCUT2D eigenvalue weighted by atomic mass is 10.0. The standard InChI is InChI=1S/C15H23NO17S2/c1-2-10(20)16-6(4-17)11(21)12(8(19)5-30-34(24,25)26)32-15-13(33-35(27,28)29)7(18)3-9(31-15)14(22)23/h3-4,6-8,11-13,15,18-19,21H,2,5H2,1H3,(H,16,20)(H,22,23)(H,24,25,26)(H,27,28,29)/t6-,7-,8+,11+,12+,13+,15-/m0/s1. The minimum atomic E-state index is -5.35. The lowest BCUT2D eigenvalue weighted by Gasteiger charge is -2.37. The Kier molecular flexibility index (Phi) is 11.1. The number of aliphatic hydroxyl groups is 3. The van der Waals surface area contributed by atoms with Crippen LogP contribution in [-0.2, 0) is 53.0 Å². The number of carbonyl (C=O) groups is 3. The van der Waals surface area contributed by atoms with Gasteiger partial charge in [0.25, 0.3) is 0 Å². The summed E-state index contributed by atoms with van der Waals surface area (Å²) in [4.78, 5) is 34.3. The van der Waals surface area contributed by atoms with Gasteiger partial charge in [0.1, 0.15) is 36.7 Å². The average Bonchev–Trinajstić information content (AvgIpc) is 2.73. The number of ether oxygens (including phenoxy) is 2. The summed E-state index contributed by atoms with van der Waals surface area (Å²) in [6.45, 7) is 0.0230. The first-order chi connectivity index (χ1) is 16.0. The maximum atomic E-state index is 11.6. The highest BCUT2D eigenvalue weighted by Gasteiger charge is 2.45. The van der Waals surface area contributed by atoms with Crippen molar-refractivity contribution in [3.05, 3.63) is 11.8 Å². The number of hydrogen-bond acceptors (Lipinski definition) is 14. The molecule has 0 spiro atoms. The zero-order valence-electron chi connectivity index (χ0n) is 17.6. The molecule has 0 fully saturated rings. The summed E-state index contributed by atoms with van der Waals surface area (Å²) >= 11 is 0. The summed E-state index contributed by atoms with van der Waals surface area (Å²) in [6, 6.07) is -1.85. The normalized spacial score (nSPS) is 24.3. The van der Waals surface area contributed by atoms with Crippen molar-refractivity contribution < 1.29 is 78.6 Å². The highest BCUT2D eigenvalue weighted by Crippen LogP contribution is 2.26. The Morgan fingerprint density at radius 2 is 1.80 bits per heavy atom. The molecule has 0 saturated carbocycles. The van der Waals surface area contributed by atoms with Crippen LogP contribution >= 0.6 is 0 Å². The van der Waals surface area contributed by atoms with Crippen molar-refractivity contribution in [1.29, 1.82) is 0 Å². The first-order valence-electron chi connectivity index (χ1n) is 9.32. The van der Waals surface area contributed by atoms with Gasteiger partial charge in [0.2, 0.25) is 18.0 Å². The van der Waals surface area contributed by atoms with Crippen molar-refractivity contribution in [2.24, 2.45) is 0 Å². The maximum absolute atomic E-state index is 11.6. The van der Waals surface area contributed by atoms with Gasteiger partial charge in [-0.15, -0.1) is 0 Å². The molecule has 1 rings (SSSR count). The lowest BCUT2D eigenvalue weighted by Crippen LogP contribution is -2.58. The van der Waals surface area contributed by atoms with Crippen molar-refractivity contribution in [1.82, 2.24) is 5.32 Å². The molecule has 20 heteroatoms. The number of hydrogen-bond donors (Lipinski definition) is 7. The van der Waals surface area contributed by atoms with E-state index in [4.69, 9.17) is 23.7 Å². The van der Waals surface area contributed by atoms with Crippen LogP contribution in [0.2, 0.25) is 0 Å². The second kappa shape index (κ2) is 12.6. The Hall–Kier alpha value is -2.27. The van der Waals surface area contributed by atoms with E-state index in [1.807, 2.05) is 5.32 Å². The Bertz CT molecular complexity index is 1010. The summed E-state index contributed by atoms with van der Waals surface area (Å²) in [6.07, 6.45) is -13.4. The van der Waals surface area contributed by atoms with Crippen molar-refractivity contribution >= 4 is 39.0 Å². The number of carbonyl (C=O) groups excluding carboxylic acids is 2. The van der Waals surface area contributed by atoms with E-state index in [0.717, 1.165) is 0 Å². The van der Waals surface area contributed by atoms with Gasteiger partial charge in [-0.2, -0.15) is 16.8 Å². The SMILES string of the molecule is CCC(=O)N[C@@H](C=O)[C@@H](O)[C@H](O[C@@H]1OC(C(=O)O)=C[C@H](O)[C@H]1OS(=O)(=O)O)[C@H](O)COS(=O)(=O)O. The minimum Gasteiger partial charge on any atom is -0.475 e. The van der Waals surface area contributed by atoms with Crippen LogP contribution in [0.3, 0.4) is 0 Å². The van der Waals surface area contributed by atoms with Crippen molar-refractivity contribution in [3.63, 3.8) is 0 Å². The molecule has 0 aliphatic carbocycles. The van der Waals surface area contributed by atoms with Crippen molar-refractivity contribution in [3.8, 4) is 0 Å². The molecular formula is C15H23NO17S2. The minimum absolute atomic E-state index is 0.0176. The molecule has 0 unspecified atom stereocenters. The molecule has 35 heavy (non-hydrogen) atoms. The quantitative estimate of drug-likeness (QED) is 0.0793. The Labute approximate surface area is 197 Å². The molecule has 1 heterocycles. The van der Waals surface area contributed by atoms with Gasteiger partial charge < -0.3 is 40.0 Å². The summed E-state index contributed by atoms with van der Waals surface area (Å²) in [5.41, 5.74) is 0. The van der Waals surface area contributed by atoms with Crippen LogP contribution in [0.1, 0.15) is 13.3 Å². The number of carboxylic acids is 1.